The zero-order valence-electron chi connectivity index (χ0n) is 17.4. The Bertz CT molecular complexity index is 590. The summed E-state index contributed by atoms with van der Waals surface area (Å²) in [5.74, 6) is 3.47. The summed E-state index contributed by atoms with van der Waals surface area (Å²) < 4.78 is 0. The van der Waals surface area contributed by atoms with E-state index >= 15 is 0 Å². The Morgan fingerprint density at radius 1 is 0.741 bits per heavy atom. The Morgan fingerprint density at radius 2 is 1.33 bits per heavy atom. The smallest absolute Gasteiger partial charge is 0.0119 e. The van der Waals surface area contributed by atoms with Gasteiger partial charge in [-0.3, -0.25) is 0 Å². The molecule has 2 N–H and O–H groups in total. The highest BCUT2D eigenvalue weighted by molar-refractivity contribution is 5.32. The van der Waals surface area contributed by atoms with Crippen molar-refractivity contribution >= 4 is 0 Å². The van der Waals surface area contributed by atoms with Crippen molar-refractivity contribution in [1.29, 1.82) is 0 Å². The molecule has 0 amide bonds. The monoisotopic (exact) mass is 368 g/mol. The first-order valence-electron chi connectivity index (χ1n) is 11.6. The third-order valence-corrected chi connectivity index (χ3v) is 7.75. The molecule has 3 aliphatic carbocycles. The van der Waals surface area contributed by atoms with E-state index in [-0.39, 0.29) is 5.48 Å². The maximum Gasteiger partial charge on any atom is -0.0119 e. The molecule has 3 aliphatic rings. The van der Waals surface area contributed by atoms with Crippen molar-refractivity contribution in [2.45, 2.75) is 96.3 Å². The lowest BCUT2D eigenvalue weighted by Crippen LogP contribution is -2.28. The molecule has 0 radical (unpaired) electrons. The van der Waals surface area contributed by atoms with Gasteiger partial charge in [0.1, 0.15) is 0 Å². The maximum absolute atomic E-state index is 2.46. The minimum atomic E-state index is 0. The summed E-state index contributed by atoms with van der Waals surface area (Å²) in [6.45, 7) is 2.46. The number of rotatable bonds is 4. The fourth-order valence-electron chi connectivity index (χ4n) is 6.43. The molecule has 150 valence electrons. The van der Waals surface area contributed by atoms with Crippen LogP contribution in [0.3, 0.4) is 0 Å². The summed E-state index contributed by atoms with van der Waals surface area (Å²) in [5.41, 5.74) is 5.55. The van der Waals surface area contributed by atoms with Crippen LogP contribution in [0.15, 0.2) is 41.5 Å². The van der Waals surface area contributed by atoms with Crippen molar-refractivity contribution in [2.24, 2.45) is 17.8 Å². The van der Waals surface area contributed by atoms with Gasteiger partial charge in [-0.15, -0.1) is 0 Å². The van der Waals surface area contributed by atoms with Crippen LogP contribution in [0, 0.1) is 17.8 Å². The van der Waals surface area contributed by atoms with Crippen LogP contribution in [0.1, 0.15) is 102 Å². The highest BCUT2D eigenvalue weighted by Gasteiger charge is 2.36. The van der Waals surface area contributed by atoms with Gasteiger partial charge in [-0.2, -0.15) is 0 Å². The normalized spacial score (nSPS) is 28.0. The third kappa shape index (κ3) is 4.67. The van der Waals surface area contributed by atoms with Gasteiger partial charge in [0.15, 0.2) is 0 Å². The van der Waals surface area contributed by atoms with Crippen molar-refractivity contribution in [3.8, 4) is 0 Å². The van der Waals surface area contributed by atoms with E-state index in [9.17, 15) is 0 Å². The molecule has 1 heteroatoms. The fourth-order valence-corrected chi connectivity index (χ4v) is 6.43. The Labute approximate surface area is 167 Å². The summed E-state index contributed by atoms with van der Waals surface area (Å²) in [4.78, 5) is 0. The van der Waals surface area contributed by atoms with Crippen LogP contribution in [0.4, 0.5) is 0 Å². The van der Waals surface area contributed by atoms with E-state index in [1.165, 1.54) is 83.5 Å². The standard InChI is InChI=1S/C26H38.H2O/c1-2-20-18-24(21-12-6-3-7-13-21)19-25(22-14-8-4-9-15-22)26(20)23-16-10-5-11-17-23;/h3,6-7,12-13,20,22-24H,2,4-5,8-11,14-19H2,1H3;1H2. The second kappa shape index (κ2) is 9.92. The van der Waals surface area contributed by atoms with Crippen LogP contribution in [-0.4, -0.2) is 5.48 Å². The van der Waals surface area contributed by atoms with Crippen LogP contribution in [-0.2, 0) is 0 Å². The molecule has 2 fully saturated rings. The summed E-state index contributed by atoms with van der Waals surface area (Å²) in [6, 6.07) is 11.5. The van der Waals surface area contributed by atoms with E-state index in [2.05, 4.69) is 37.3 Å². The number of benzene rings is 1. The lowest BCUT2D eigenvalue weighted by molar-refractivity contribution is 0.300. The highest BCUT2D eigenvalue weighted by Crippen LogP contribution is 2.50. The maximum atomic E-state index is 2.46. The Balaban J connectivity index is 0.00000210. The van der Waals surface area contributed by atoms with Gasteiger partial charge >= 0.3 is 0 Å². The predicted molar refractivity (Wildman–Crippen MR) is 116 cm³/mol. The van der Waals surface area contributed by atoms with Gasteiger partial charge in [-0.1, -0.05) is 86.9 Å². The van der Waals surface area contributed by atoms with Crippen molar-refractivity contribution in [3.63, 3.8) is 0 Å². The van der Waals surface area contributed by atoms with Crippen LogP contribution < -0.4 is 0 Å². The Hall–Kier alpha value is -1.08. The van der Waals surface area contributed by atoms with Crippen LogP contribution >= 0.6 is 0 Å². The quantitative estimate of drug-likeness (QED) is 0.502. The minimum absolute atomic E-state index is 0. The molecule has 2 unspecified atom stereocenters. The Kier molecular flexibility index (Phi) is 7.58. The molecule has 4 rings (SSSR count). The molecule has 0 aliphatic heterocycles. The van der Waals surface area contributed by atoms with Gasteiger partial charge in [-0.25, -0.2) is 0 Å². The molecule has 0 bridgehead atoms. The second-order valence-electron chi connectivity index (χ2n) is 9.30. The first-order valence-corrected chi connectivity index (χ1v) is 11.6. The largest absolute Gasteiger partial charge is 0.412 e. The van der Waals surface area contributed by atoms with E-state index < -0.39 is 0 Å². The van der Waals surface area contributed by atoms with E-state index in [4.69, 9.17) is 0 Å². The molecule has 27 heavy (non-hydrogen) atoms. The molecular weight excluding hydrogens is 328 g/mol. The average molecular weight is 369 g/mol. The third-order valence-electron chi connectivity index (χ3n) is 7.75. The van der Waals surface area contributed by atoms with Gasteiger partial charge in [0.25, 0.3) is 0 Å². The van der Waals surface area contributed by atoms with Crippen molar-refractivity contribution < 1.29 is 5.48 Å². The first kappa shape index (κ1) is 20.6. The molecule has 2 atom stereocenters. The van der Waals surface area contributed by atoms with E-state index in [1.807, 2.05) is 11.1 Å². The van der Waals surface area contributed by atoms with Crippen LogP contribution in [0.25, 0.3) is 0 Å². The zero-order valence-corrected chi connectivity index (χ0v) is 17.4. The predicted octanol–water partition coefficient (Wildman–Crippen LogP) is 7.22. The topological polar surface area (TPSA) is 31.5 Å². The number of hydrogen-bond acceptors (Lipinski definition) is 0. The molecular formula is C26H40O. The van der Waals surface area contributed by atoms with Crippen molar-refractivity contribution in [2.75, 3.05) is 0 Å². The summed E-state index contributed by atoms with van der Waals surface area (Å²) in [6.07, 6.45) is 18.9. The average Bonchev–Trinajstić information content (AvgIpc) is 2.74. The lowest BCUT2D eigenvalue weighted by Gasteiger charge is -2.42. The molecule has 1 nitrogen and oxygen atoms in total. The number of hydrogen-bond donors (Lipinski definition) is 0. The van der Waals surface area contributed by atoms with E-state index in [0.29, 0.717) is 0 Å². The summed E-state index contributed by atoms with van der Waals surface area (Å²) in [7, 11) is 0. The van der Waals surface area contributed by atoms with Gasteiger partial charge in [-0.05, 0) is 74.2 Å². The zero-order chi connectivity index (χ0) is 17.8. The summed E-state index contributed by atoms with van der Waals surface area (Å²) in [5, 5.41) is 0. The van der Waals surface area contributed by atoms with Gasteiger partial charge < -0.3 is 5.48 Å². The SMILES string of the molecule is CCC1CC(c2ccccc2)CC(C2CCCCC2)=C1C1CCCCC1.O. The van der Waals surface area contributed by atoms with Crippen LogP contribution in [0.5, 0.6) is 0 Å². The molecule has 2 saturated carbocycles. The van der Waals surface area contributed by atoms with E-state index in [1.54, 1.807) is 5.56 Å². The fraction of sp³-hybridized carbons (Fsp3) is 0.692. The number of allylic oxidation sites excluding steroid dienone is 2. The molecule has 0 saturated heterocycles. The van der Waals surface area contributed by atoms with Crippen LogP contribution in [0.2, 0.25) is 0 Å². The summed E-state index contributed by atoms with van der Waals surface area (Å²) >= 11 is 0. The second-order valence-corrected chi connectivity index (χ2v) is 9.30. The lowest BCUT2D eigenvalue weighted by atomic mass is 9.63. The van der Waals surface area contributed by atoms with Gasteiger partial charge in [0.2, 0.25) is 0 Å². The van der Waals surface area contributed by atoms with Gasteiger partial charge in [0, 0.05) is 0 Å². The molecule has 0 spiro atoms. The van der Waals surface area contributed by atoms with Crippen molar-refractivity contribution in [3.05, 3.63) is 47.0 Å². The molecule has 1 aromatic rings. The van der Waals surface area contributed by atoms with E-state index in [0.717, 1.165) is 23.7 Å². The van der Waals surface area contributed by atoms with Gasteiger partial charge in [0.05, 0.1) is 0 Å². The minimum Gasteiger partial charge on any atom is -0.412 e. The molecule has 0 heterocycles. The molecule has 0 aromatic heterocycles. The Morgan fingerprint density at radius 3 is 1.93 bits per heavy atom. The first-order chi connectivity index (χ1) is 12.9. The van der Waals surface area contributed by atoms with Crippen molar-refractivity contribution in [1.82, 2.24) is 0 Å². The molecule has 1 aromatic carbocycles. The highest BCUT2D eigenvalue weighted by atomic mass is 16.0.